The molecule has 0 amide bonds. The first-order chi connectivity index (χ1) is 8.14. The van der Waals surface area contributed by atoms with Crippen LogP contribution in [0.4, 0.5) is 0 Å². The maximum atomic E-state index is 11.0. The number of rotatable bonds is 5. The maximum absolute atomic E-state index is 11.0. The molecule has 0 aromatic carbocycles. The van der Waals surface area contributed by atoms with Crippen LogP contribution in [0.3, 0.4) is 0 Å². The van der Waals surface area contributed by atoms with Gasteiger partial charge in [-0.3, -0.25) is 0 Å². The van der Waals surface area contributed by atoms with E-state index in [9.17, 15) is 5.11 Å². The molecule has 0 spiro atoms. The van der Waals surface area contributed by atoms with E-state index in [0.717, 1.165) is 32.1 Å². The van der Waals surface area contributed by atoms with Gasteiger partial charge >= 0.3 is 0 Å². The summed E-state index contributed by atoms with van der Waals surface area (Å²) in [5.74, 6) is 0. The second kappa shape index (κ2) is 6.75. The van der Waals surface area contributed by atoms with Crippen molar-refractivity contribution >= 4 is 0 Å². The largest absolute Gasteiger partial charge is 0.389 e. The van der Waals surface area contributed by atoms with Gasteiger partial charge in [0.1, 0.15) is 0 Å². The van der Waals surface area contributed by atoms with Crippen molar-refractivity contribution in [3.63, 3.8) is 0 Å². The van der Waals surface area contributed by atoms with Crippen molar-refractivity contribution in [2.45, 2.75) is 83.7 Å². The van der Waals surface area contributed by atoms with Gasteiger partial charge in [-0.25, -0.2) is 0 Å². The minimum atomic E-state index is -0.534. The van der Waals surface area contributed by atoms with Crippen LogP contribution in [0.25, 0.3) is 0 Å². The summed E-state index contributed by atoms with van der Waals surface area (Å²) in [6.45, 7) is 4.93. The molecule has 2 heteroatoms. The second-order valence-corrected chi connectivity index (χ2v) is 5.89. The number of nitrogens with two attached hydrogens (primary N) is 1. The first-order valence-electron chi connectivity index (χ1n) is 7.56. The van der Waals surface area contributed by atoms with Crippen LogP contribution in [0.2, 0.25) is 0 Å². The highest BCUT2D eigenvalue weighted by atomic mass is 16.3. The summed E-state index contributed by atoms with van der Waals surface area (Å²) in [4.78, 5) is 0. The molecule has 1 aliphatic rings. The Kier molecular flexibility index (Phi) is 5.94. The monoisotopic (exact) mass is 241 g/mol. The van der Waals surface area contributed by atoms with Crippen molar-refractivity contribution in [1.82, 2.24) is 0 Å². The predicted molar refractivity (Wildman–Crippen MR) is 74.0 cm³/mol. The Hall–Kier alpha value is -0.0800. The van der Waals surface area contributed by atoms with Crippen molar-refractivity contribution in [2.24, 2.45) is 11.1 Å². The highest BCUT2D eigenvalue weighted by molar-refractivity contribution is 4.99. The molecule has 1 unspecified atom stereocenters. The number of hydrogen-bond donors (Lipinski definition) is 2. The number of aliphatic hydroxyl groups is 1. The molecule has 102 valence electrons. The Morgan fingerprint density at radius 1 is 1.06 bits per heavy atom. The number of hydrogen-bond acceptors (Lipinski definition) is 2. The molecular weight excluding hydrogens is 210 g/mol. The molecule has 3 N–H and O–H groups in total. The Bertz CT molecular complexity index is 209. The molecule has 0 radical (unpaired) electrons. The van der Waals surface area contributed by atoms with Crippen LogP contribution in [0, 0.1) is 5.41 Å². The van der Waals surface area contributed by atoms with E-state index in [1.54, 1.807) is 0 Å². The SMILES string of the molecule is CCCC(O)(CC)C1(CN)CCCCCCC1. The van der Waals surface area contributed by atoms with E-state index >= 15 is 0 Å². The fourth-order valence-electron chi connectivity index (χ4n) is 3.67. The maximum Gasteiger partial charge on any atom is 0.0713 e. The first kappa shape index (κ1) is 15.0. The molecule has 0 aromatic heterocycles. The van der Waals surface area contributed by atoms with Crippen molar-refractivity contribution < 1.29 is 5.11 Å². The van der Waals surface area contributed by atoms with Gasteiger partial charge in [0.25, 0.3) is 0 Å². The summed E-state index contributed by atoms with van der Waals surface area (Å²) in [5.41, 5.74) is 5.54. The minimum Gasteiger partial charge on any atom is -0.389 e. The smallest absolute Gasteiger partial charge is 0.0713 e. The van der Waals surface area contributed by atoms with Gasteiger partial charge in [-0.2, -0.15) is 0 Å². The van der Waals surface area contributed by atoms with Crippen molar-refractivity contribution in [3.8, 4) is 0 Å². The van der Waals surface area contributed by atoms with Gasteiger partial charge in [-0.05, 0) is 25.7 Å². The van der Waals surface area contributed by atoms with Gasteiger partial charge in [0, 0.05) is 12.0 Å². The van der Waals surface area contributed by atoms with Crippen LogP contribution in [0.5, 0.6) is 0 Å². The molecule has 17 heavy (non-hydrogen) atoms. The van der Waals surface area contributed by atoms with Crippen LogP contribution in [-0.4, -0.2) is 17.3 Å². The van der Waals surface area contributed by atoms with Crippen molar-refractivity contribution in [3.05, 3.63) is 0 Å². The van der Waals surface area contributed by atoms with E-state index in [-0.39, 0.29) is 5.41 Å². The van der Waals surface area contributed by atoms with E-state index in [1.807, 2.05) is 0 Å². The van der Waals surface area contributed by atoms with Gasteiger partial charge in [0.2, 0.25) is 0 Å². The first-order valence-corrected chi connectivity index (χ1v) is 7.56. The van der Waals surface area contributed by atoms with E-state index in [1.165, 1.54) is 32.1 Å². The summed E-state index contributed by atoms with van der Waals surface area (Å²) in [7, 11) is 0. The zero-order valence-electron chi connectivity index (χ0n) is 11.8. The van der Waals surface area contributed by atoms with Gasteiger partial charge in [-0.1, -0.05) is 52.4 Å². The molecular formula is C15H31NO. The van der Waals surface area contributed by atoms with Gasteiger partial charge in [0.05, 0.1) is 5.60 Å². The van der Waals surface area contributed by atoms with E-state index < -0.39 is 5.60 Å². The second-order valence-electron chi connectivity index (χ2n) is 5.89. The third-order valence-electron chi connectivity index (χ3n) is 4.94. The highest BCUT2D eigenvalue weighted by Crippen LogP contribution is 2.46. The minimum absolute atomic E-state index is 0.0157. The molecule has 1 saturated carbocycles. The molecule has 0 bridgehead atoms. The third kappa shape index (κ3) is 3.23. The van der Waals surface area contributed by atoms with Crippen LogP contribution in [-0.2, 0) is 0 Å². The van der Waals surface area contributed by atoms with Gasteiger partial charge in [0.15, 0.2) is 0 Å². The molecule has 2 nitrogen and oxygen atoms in total. The average Bonchev–Trinajstić information content (AvgIpc) is 2.29. The molecule has 1 fully saturated rings. The predicted octanol–water partition coefficient (Wildman–Crippen LogP) is 3.62. The molecule has 1 aliphatic carbocycles. The fraction of sp³-hybridized carbons (Fsp3) is 1.00. The summed E-state index contributed by atoms with van der Waals surface area (Å²) >= 11 is 0. The van der Waals surface area contributed by atoms with Crippen LogP contribution < -0.4 is 5.73 Å². The Morgan fingerprint density at radius 3 is 2.00 bits per heavy atom. The lowest BCUT2D eigenvalue weighted by atomic mass is 9.62. The summed E-state index contributed by atoms with van der Waals surface area (Å²) in [6, 6.07) is 0. The van der Waals surface area contributed by atoms with Crippen molar-refractivity contribution in [2.75, 3.05) is 6.54 Å². The van der Waals surface area contributed by atoms with Gasteiger partial charge in [-0.15, -0.1) is 0 Å². The zero-order chi connectivity index (χ0) is 12.8. The van der Waals surface area contributed by atoms with E-state index in [2.05, 4.69) is 13.8 Å². The summed E-state index contributed by atoms with van der Waals surface area (Å²) in [6.07, 6.45) is 11.5. The molecule has 0 heterocycles. The molecule has 0 aromatic rings. The van der Waals surface area contributed by atoms with Crippen LogP contribution >= 0.6 is 0 Å². The summed E-state index contributed by atoms with van der Waals surface area (Å²) in [5, 5.41) is 11.0. The molecule has 0 saturated heterocycles. The van der Waals surface area contributed by atoms with Crippen molar-refractivity contribution in [1.29, 1.82) is 0 Å². The molecule has 0 aliphatic heterocycles. The van der Waals surface area contributed by atoms with Crippen LogP contribution in [0.1, 0.15) is 78.1 Å². The molecule has 1 atom stereocenters. The Morgan fingerprint density at radius 2 is 1.59 bits per heavy atom. The van der Waals surface area contributed by atoms with E-state index in [4.69, 9.17) is 5.73 Å². The topological polar surface area (TPSA) is 46.2 Å². The normalized spacial score (nSPS) is 24.7. The van der Waals surface area contributed by atoms with Gasteiger partial charge < -0.3 is 10.8 Å². The summed E-state index contributed by atoms with van der Waals surface area (Å²) < 4.78 is 0. The highest BCUT2D eigenvalue weighted by Gasteiger charge is 2.46. The lowest BCUT2D eigenvalue weighted by Gasteiger charge is -2.48. The zero-order valence-corrected chi connectivity index (χ0v) is 11.8. The fourth-order valence-corrected chi connectivity index (χ4v) is 3.67. The standard InChI is InChI=1S/C15H31NO/c1-3-10-15(17,4-2)14(13-16)11-8-6-5-7-9-12-14/h17H,3-13,16H2,1-2H3. The lowest BCUT2D eigenvalue weighted by Crippen LogP contribution is -2.52. The molecule has 1 rings (SSSR count). The average molecular weight is 241 g/mol. The third-order valence-corrected chi connectivity index (χ3v) is 4.94. The Labute approximate surface area is 107 Å². The van der Waals surface area contributed by atoms with E-state index in [0.29, 0.717) is 6.54 Å². The lowest BCUT2D eigenvalue weighted by molar-refractivity contribution is -0.103. The Balaban J connectivity index is 2.88. The van der Waals surface area contributed by atoms with Crippen LogP contribution in [0.15, 0.2) is 0 Å². The quantitative estimate of drug-likeness (QED) is 0.772.